The Labute approximate surface area is 121 Å². The van der Waals surface area contributed by atoms with Crippen molar-refractivity contribution in [2.45, 2.75) is 0 Å². The lowest BCUT2D eigenvalue weighted by Crippen LogP contribution is -2.25. The SMILES string of the molecule is C#CCN(CC#C)c1ccc(N(CC#C)CC#C)cc1. The predicted molar refractivity (Wildman–Crippen MR) is 86.2 cm³/mol. The average Bonchev–Trinajstić information content (AvgIpc) is 2.47. The number of anilines is 2. The molecule has 98 valence electrons. The van der Waals surface area contributed by atoms with E-state index >= 15 is 0 Å². The molecule has 2 nitrogen and oxygen atoms in total. The largest absolute Gasteiger partial charge is 0.349 e. The summed E-state index contributed by atoms with van der Waals surface area (Å²) in [5, 5.41) is 0. The maximum Gasteiger partial charge on any atom is 0.0801 e. The fourth-order valence-corrected chi connectivity index (χ4v) is 1.79. The van der Waals surface area contributed by atoms with Crippen LogP contribution in [0.3, 0.4) is 0 Å². The van der Waals surface area contributed by atoms with E-state index < -0.39 is 0 Å². The first kappa shape index (κ1) is 15.1. The number of rotatable bonds is 6. The molecule has 1 rings (SSSR count). The molecule has 0 radical (unpaired) electrons. The van der Waals surface area contributed by atoms with Crippen molar-refractivity contribution in [2.24, 2.45) is 0 Å². The standard InChI is InChI=1S/C18H16N2/c1-5-13-19(14-6-2)17-9-11-18(12-10-17)20(15-7-3)16-8-4/h1-4,9-12H,13-16H2. The molecule has 0 fully saturated rings. The van der Waals surface area contributed by atoms with Crippen molar-refractivity contribution in [3.8, 4) is 49.4 Å². The van der Waals surface area contributed by atoms with E-state index in [0.717, 1.165) is 11.4 Å². The first-order valence-electron chi connectivity index (χ1n) is 6.10. The highest BCUT2D eigenvalue weighted by Gasteiger charge is 2.06. The number of hydrogen-bond acceptors (Lipinski definition) is 2. The zero-order valence-electron chi connectivity index (χ0n) is 11.3. The Hall–Kier alpha value is -2.94. The molecule has 0 aliphatic rings. The van der Waals surface area contributed by atoms with Gasteiger partial charge in [-0.1, -0.05) is 23.7 Å². The van der Waals surface area contributed by atoms with Gasteiger partial charge in [0.1, 0.15) is 0 Å². The molecule has 0 saturated carbocycles. The van der Waals surface area contributed by atoms with Crippen LogP contribution in [0.25, 0.3) is 0 Å². The summed E-state index contributed by atoms with van der Waals surface area (Å²) in [6.07, 6.45) is 21.4. The van der Waals surface area contributed by atoms with Crippen LogP contribution in [0.1, 0.15) is 0 Å². The van der Waals surface area contributed by atoms with Crippen LogP contribution in [0.5, 0.6) is 0 Å². The number of hydrogen-bond donors (Lipinski definition) is 0. The molecule has 2 heteroatoms. The Morgan fingerprint density at radius 3 is 1.05 bits per heavy atom. The topological polar surface area (TPSA) is 6.48 Å². The Morgan fingerprint density at radius 1 is 0.600 bits per heavy atom. The molecule has 0 aliphatic carbocycles. The average molecular weight is 260 g/mol. The molecule has 0 spiro atoms. The van der Waals surface area contributed by atoms with E-state index in [1.165, 1.54) is 0 Å². The van der Waals surface area contributed by atoms with Gasteiger partial charge in [-0.05, 0) is 24.3 Å². The number of nitrogens with zero attached hydrogens (tertiary/aromatic N) is 2. The van der Waals surface area contributed by atoms with E-state index in [-0.39, 0.29) is 0 Å². The molecule has 0 bridgehead atoms. The van der Waals surface area contributed by atoms with Gasteiger partial charge in [-0.15, -0.1) is 25.7 Å². The highest BCUT2D eigenvalue weighted by Crippen LogP contribution is 2.20. The van der Waals surface area contributed by atoms with E-state index in [2.05, 4.69) is 23.7 Å². The fraction of sp³-hybridized carbons (Fsp3) is 0.222. The Bertz CT molecular complexity index is 498. The minimum absolute atomic E-state index is 0.474. The maximum atomic E-state index is 5.34. The third-order valence-electron chi connectivity index (χ3n) is 2.71. The van der Waals surface area contributed by atoms with E-state index in [1.54, 1.807) is 0 Å². The highest BCUT2D eigenvalue weighted by atomic mass is 15.1. The molecule has 1 aromatic carbocycles. The van der Waals surface area contributed by atoms with Crippen LogP contribution >= 0.6 is 0 Å². The Balaban J connectivity index is 2.92. The summed E-state index contributed by atoms with van der Waals surface area (Å²) in [4.78, 5) is 3.88. The van der Waals surface area contributed by atoms with Crippen molar-refractivity contribution in [1.82, 2.24) is 0 Å². The van der Waals surface area contributed by atoms with Crippen molar-refractivity contribution >= 4 is 11.4 Å². The van der Waals surface area contributed by atoms with Crippen molar-refractivity contribution in [2.75, 3.05) is 36.0 Å². The lowest BCUT2D eigenvalue weighted by Gasteiger charge is -2.23. The second-order valence-electron chi connectivity index (χ2n) is 4.05. The molecule has 0 aliphatic heterocycles. The molecule has 0 heterocycles. The number of terminal acetylenes is 4. The summed E-state index contributed by atoms with van der Waals surface area (Å²) in [5.74, 6) is 10.4. The van der Waals surface area contributed by atoms with E-state index in [4.69, 9.17) is 25.7 Å². The predicted octanol–water partition coefficient (Wildman–Crippen LogP) is 1.83. The lowest BCUT2D eigenvalue weighted by atomic mass is 10.2. The molecule has 0 amide bonds. The van der Waals surface area contributed by atoms with Gasteiger partial charge < -0.3 is 9.80 Å². The van der Waals surface area contributed by atoms with Crippen molar-refractivity contribution < 1.29 is 0 Å². The molecule has 0 saturated heterocycles. The van der Waals surface area contributed by atoms with Crippen LogP contribution in [0.2, 0.25) is 0 Å². The first-order chi connectivity index (χ1) is 9.76. The maximum absolute atomic E-state index is 5.34. The first-order valence-corrected chi connectivity index (χ1v) is 6.10. The summed E-state index contributed by atoms with van der Waals surface area (Å²) < 4.78 is 0. The minimum Gasteiger partial charge on any atom is -0.349 e. The van der Waals surface area contributed by atoms with E-state index in [9.17, 15) is 0 Å². The summed E-state index contributed by atoms with van der Waals surface area (Å²) in [5.41, 5.74) is 1.96. The van der Waals surface area contributed by atoms with Crippen molar-refractivity contribution in [3.63, 3.8) is 0 Å². The van der Waals surface area contributed by atoms with Crippen molar-refractivity contribution in [3.05, 3.63) is 24.3 Å². The zero-order valence-corrected chi connectivity index (χ0v) is 11.3. The van der Waals surface area contributed by atoms with Gasteiger partial charge in [0, 0.05) is 11.4 Å². The zero-order chi connectivity index (χ0) is 14.8. The smallest absolute Gasteiger partial charge is 0.0801 e. The molecular formula is C18H16N2. The quantitative estimate of drug-likeness (QED) is 0.720. The molecule has 20 heavy (non-hydrogen) atoms. The lowest BCUT2D eigenvalue weighted by molar-refractivity contribution is 0.972. The van der Waals surface area contributed by atoms with Crippen LogP contribution in [0, 0.1) is 49.4 Å². The number of benzene rings is 1. The Morgan fingerprint density at radius 2 is 0.850 bits per heavy atom. The summed E-state index contributed by atoms with van der Waals surface area (Å²) in [7, 11) is 0. The van der Waals surface area contributed by atoms with Crippen LogP contribution in [-0.4, -0.2) is 26.2 Å². The molecule has 0 N–H and O–H groups in total. The molecule has 0 atom stereocenters. The van der Waals surface area contributed by atoms with Gasteiger partial charge in [0.25, 0.3) is 0 Å². The second-order valence-corrected chi connectivity index (χ2v) is 4.05. The van der Waals surface area contributed by atoms with Gasteiger partial charge >= 0.3 is 0 Å². The van der Waals surface area contributed by atoms with Gasteiger partial charge in [0.2, 0.25) is 0 Å². The Kier molecular flexibility index (Phi) is 6.21. The minimum atomic E-state index is 0.474. The van der Waals surface area contributed by atoms with Gasteiger partial charge in [-0.2, -0.15) is 0 Å². The molecule has 0 unspecified atom stereocenters. The van der Waals surface area contributed by atoms with Gasteiger partial charge in [-0.25, -0.2) is 0 Å². The van der Waals surface area contributed by atoms with Crippen LogP contribution in [0.15, 0.2) is 24.3 Å². The fourth-order valence-electron chi connectivity index (χ4n) is 1.79. The molecular weight excluding hydrogens is 244 g/mol. The van der Waals surface area contributed by atoms with Gasteiger partial charge in [0.05, 0.1) is 26.2 Å². The second kappa shape index (κ2) is 8.21. The third kappa shape index (κ3) is 4.07. The monoisotopic (exact) mass is 260 g/mol. The van der Waals surface area contributed by atoms with Crippen LogP contribution < -0.4 is 9.80 Å². The summed E-state index contributed by atoms with van der Waals surface area (Å²) in [6.45, 7) is 1.90. The molecule has 1 aromatic rings. The summed E-state index contributed by atoms with van der Waals surface area (Å²) in [6, 6.07) is 7.85. The van der Waals surface area contributed by atoms with E-state index in [0.29, 0.717) is 26.2 Å². The summed E-state index contributed by atoms with van der Waals surface area (Å²) >= 11 is 0. The van der Waals surface area contributed by atoms with E-state index in [1.807, 2.05) is 34.1 Å². The van der Waals surface area contributed by atoms with Crippen LogP contribution in [0.4, 0.5) is 11.4 Å². The van der Waals surface area contributed by atoms with Gasteiger partial charge in [0.15, 0.2) is 0 Å². The van der Waals surface area contributed by atoms with Crippen molar-refractivity contribution in [1.29, 1.82) is 0 Å². The highest BCUT2D eigenvalue weighted by molar-refractivity contribution is 5.58. The third-order valence-corrected chi connectivity index (χ3v) is 2.71. The van der Waals surface area contributed by atoms with Crippen LogP contribution in [-0.2, 0) is 0 Å². The normalized spacial score (nSPS) is 8.60. The van der Waals surface area contributed by atoms with Gasteiger partial charge in [-0.3, -0.25) is 0 Å². The molecule has 0 aromatic heterocycles.